The van der Waals surface area contributed by atoms with E-state index < -0.39 is 33.7 Å². The van der Waals surface area contributed by atoms with Crippen LogP contribution in [0.5, 0.6) is 0 Å². The molecule has 1 aromatic heterocycles. The Bertz CT molecular complexity index is 791. The number of halogens is 4. The Hall–Kier alpha value is -2.62. The van der Waals surface area contributed by atoms with Gasteiger partial charge in [-0.05, 0) is 18.2 Å². The average molecular weight is 335 g/mol. The van der Waals surface area contributed by atoms with Crippen LogP contribution in [0.3, 0.4) is 0 Å². The molecule has 116 valence electrons. The lowest BCUT2D eigenvalue weighted by molar-refractivity contribution is -0.385. The molecule has 0 fully saturated rings. The van der Waals surface area contributed by atoms with Crippen LogP contribution in [0.2, 0.25) is 5.02 Å². The summed E-state index contributed by atoms with van der Waals surface area (Å²) in [4.78, 5) is 26.8. The predicted molar refractivity (Wildman–Crippen MR) is 71.2 cm³/mol. The number of aromatic nitrogens is 2. The van der Waals surface area contributed by atoms with Crippen molar-refractivity contribution in [2.24, 2.45) is 0 Å². The first kappa shape index (κ1) is 15.8. The first-order chi connectivity index (χ1) is 10.2. The molecular formula is C11H6ClF3N4O3. The fourth-order valence-electron chi connectivity index (χ4n) is 1.58. The monoisotopic (exact) mass is 334 g/mol. The van der Waals surface area contributed by atoms with Crippen molar-refractivity contribution in [3.8, 4) is 0 Å². The van der Waals surface area contributed by atoms with E-state index >= 15 is 0 Å². The normalized spacial score (nSPS) is 11.3. The Morgan fingerprint density at radius 1 is 1.36 bits per heavy atom. The lowest BCUT2D eigenvalue weighted by atomic mass is 10.2. The van der Waals surface area contributed by atoms with Gasteiger partial charge < -0.3 is 10.3 Å². The molecule has 2 N–H and O–H groups in total. The maximum atomic E-state index is 12.7. The summed E-state index contributed by atoms with van der Waals surface area (Å²) in [5, 5.41) is 13.0. The molecule has 0 saturated heterocycles. The Morgan fingerprint density at radius 2 is 2.05 bits per heavy atom. The maximum absolute atomic E-state index is 12.7. The zero-order chi connectivity index (χ0) is 16.5. The van der Waals surface area contributed by atoms with Gasteiger partial charge >= 0.3 is 17.4 Å². The number of hydrogen-bond acceptors (Lipinski definition) is 5. The average Bonchev–Trinajstić information content (AvgIpc) is 2.39. The van der Waals surface area contributed by atoms with Crippen molar-refractivity contribution in [2.75, 3.05) is 5.32 Å². The molecule has 0 unspecified atom stereocenters. The van der Waals surface area contributed by atoms with Crippen molar-refractivity contribution in [1.82, 2.24) is 9.97 Å². The van der Waals surface area contributed by atoms with Crippen molar-refractivity contribution in [2.45, 2.75) is 6.18 Å². The van der Waals surface area contributed by atoms with Crippen molar-refractivity contribution < 1.29 is 18.1 Å². The Morgan fingerprint density at radius 3 is 2.64 bits per heavy atom. The van der Waals surface area contributed by atoms with Crippen LogP contribution in [0, 0.1) is 10.1 Å². The molecule has 1 aromatic carbocycles. The minimum Gasteiger partial charge on any atom is -0.333 e. The van der Waals surface area contributed by atoms with E-state index in [4.69, 9.17) is 11.6 Å². The smallest absolute Gasteiger partial charge is 0.333 e. The van der Waals surface area contributed by atoms with E-state index in [1.165, 1.54) is 0 Å². The van der Waals surface area contributed by atoms with Gasteiger partial charge in [0.05, 0.1) is 27.5 Å². The molecule has 7 nitrogen and oxygen atoms in total. The molecule has 0 amide bonds. The number of nitrogens with one attached hydrogen (secondary N) is 2. The standard InChI is InChI=1S/C11H6ClF3N4O3/c12-6-2-1-5(11(13,14)15)3-7(6)18-9-8(19(21)22)10(20)17-4-16-9/h1-4H,(H2,16,17,18,20). The number of nitro groups is 1. The summed E-state index contributed by atoms with van der Waals surface area (Å²) >= 11 is 5.75. The Balaban J connectivity index is 2.50. The molecule has 22 heavy (non-hydrogen) atoms. The SMILES string of the molecule is O=c1[nH]cnc(Nc2cc(C(F)(F)F)ccc2Cl)c1[N+](=O)[O-]. The van der Waals surface area contributed by atoms with E-state index in [0.29, 0.717) is 6.07 Å². The van der Waals surface area contributed by atoms with Crippen LogP contribution >= 0.6 is 11.6 Å². The summed E-state index contributed by atoms with van der Waals surface area (Å²) in [6, 6.07) is 2.40. The zero-order valence-electron chi connectivity index (χ0n) is 10.4. The summed E-state index contributed by atoms with van der Waals surface area (Å²) in [5.74, 6) is -0.519. The molecular weight excluding hydrogens is 329 g/mol. The largest absolute Gasteiger partial charge is 0.416 e. The van der Waals surface area contributed by atoms with Gasteiger partial charge in [0.15, 0.2) is 0 Å². The topological polar surface area (TPSA) is 101 Å². The lowest BCUT2D eigenvalue weighted by Crippen LogP contribution is -2.15. The number of alkyl halides is 3. The highest BCUT2D eigenvalue weighted by Crippen LogP contribution is 2.35. The van der Waals surface area contributed by atoms with Crippen molar-refractivity contribution in [3.63, 3.8) is 0 Å². The van der Waals surface area contributed by atoms with E-state index in [2.05, 4.69) is 10.3 Å². The molecule has 0 aliphatic heterocycles. The van der Waals surface area contributed by atoms with Crippen LogP contribution in [0.25, 0.3) is 0 Å². The van der Waals surface area contributed by atoms with Crippen molar-refractivity contribution in [3.05, 3.63) is 55.6 Å². The summed E-state index contributed by atoms with van der Waals surface area (Å²) in [7, 11) is 0. The van der Waals surface area contributed by atoms with Crippen LogP contribution in [0.15, 0.2) is 29.3 Å². The van der Waals surface area contributed by atoms with E-state index in [1.54, 1.807) is 0 Å². The summed E-state index contributed by atoms with van der Waals surface area (Å²) in [6.45, 7) is 0. The Labute approximate surface area is 124 Å². The van der Waals surface area contributed by atoms with Crippen LogP contribution < -0.4 is 10.9 Å². The molecule has 0 atom stereocenters. The third kappa shape index (κ3) is 3.17. The molecule has 0 spiro atoms. The van der Waals surface area contributed by atoms with Gasteiger partial charge in [0, 0.05) is 0 Å². The second-order valence-corrected chi connectivity index (χ2v) is 4.41. The van der Waals surface area contributed by atoms with Crippen LogP contribution in [0.4, 0.5) is 30.4 Å². The minimum atomic E-state index is -4.62. The molecule has 0 aliphatic carbocycles. The van der Waals surface area contributed by atoms with E-state index in [1.807, 2.05) is 4.98 Å². The van der Waals surface area contributed by atoms with E-state index in [-0.39, 0.29) is 10.7 Å². The third-order valence-corrected chi connectivity index (χ3v) is 2.89. The quantitative estimate of drug-likeness (QED) is 0.663. The summed E-state index contributed by atoms with van der Waals surface area (Å²) < 4.78 is 38.0. The van der Waals surface area contributed by atoms with Crippen LogP contribution in [-0.2, 0) is 6.18 Å². The van der Waals surface area contributed by atoms with E-state index in [9.17, 15) is 28.1 Å². The highest BCUT2D eigenvalue weighted by atomic mass is 35.5. The first-order valence-corrected chi connectivity index (χ1v) is 5.94. The molecule has 0 aliphatic rings. The van der Waals surface area contributed by atoms with Gasteiger partial charge in [0.2, 0.25) is 5.82 Å². The number of anilines is 2. The lowest BCUT2D eigenvalue weighted by Gasteiger charge is -2.11. The van der Waals surface area contributed by atoms with Gasteiger partial charge in [0.25, 0.3) is 0 Å². The van der Waals surface area contributed by atoms with Crippen molar-refractivity contribution >= 4 is 28.8 Å². The fourth-order valence-corrected chi connectivity index (χ4v) is 1.74. The molecule has 1 heterocycles. The zero-order valence-corrected chi connectivity index (χ0v) is 11.2. The van der Waals surface area contributed by atoms with Gasteiger partial charge in [0.1, 0.15) is 0 Å². The number of rotatable bonds is 3. The molecule has 2 rings (SSSR count). The molecule has 2 aromatic rings. The van der Waals surface area contributed by atoms with Gasteiger partial charge in [-0.1, -0.05) is 11.6 Å². The van der Waals surface area contributed by atoms with Crippen molar-refractivity contribution in [1.29, 1.82) is 0 Å². The van der Waals surface area contributed by atoms with Gasteiger partial charge in [-0.3, -0.25) is 14.9 Å². The van der Waals surface area contributed by atoms with Gasteiger partial charge in [-0.25, -0.2) is 4.98 Å². The predicted octanol–water partition coefficient (Wildman–Crippen LogP) is 3.09. The summed E-state index contributed by atoms with van der Waals surface area (Å²) in [5.41, 5.74) is -3.26. The van der Waals surface area contributed by atoms with E-state index in [0.717, 1.165) is 18.5 Å². The number of nitrogens with zero attached hydrogens (tertiary/aromatic N) is 2. The number of hydrogen-bond donors (Lipinski definition) is 2. The molecule has 0 saturated carbocycles. The first-order valence-electron chi connectivity index (χ1n) is 5.56. The van der Waals surface area contributed by atoms with Gasteiger partial charge in [-0.15, -0.1) is 0 Å². The number of benzene rings is 1. The maximum Gasteiger partial charge on any atom is 0.416 e. The third-order valence-electron chi connectivity index (χ3n) is 2.56. The fraction of sp³-hybridized carbons (Fsp3) is 0.0909. The molecule has 11 heteroatoms. The number of H-pyrrole nitrogens is 1. The highest BCUT2D eigenvalue weighted by Gasteiger charge is 2.31. The Kier molecular flexibility index (Phi) is 4.04. The minimum absolute atomic E-state index is 0.121. The van der Waals surface area contributed by atoms with Crippen LogP contribution in [0.1, 0.15) is 5.56 Å². The molecule has 0 bridgehead atoms. The second kappa shape index (κ2) is 5.64. The van der Waals surface area contributed by atoms with Crippen LogP contribution in [-0.4, -0.2) is 14.9 Å². The second-order valence-electron chi connectivity index (χ2n) is 4.00. The van der Waals surface area contributed by atoms with Gasteiger partial charge in [-0.2, -0.15) is 13.2 Å². The number of aromatic amines is 1. The molecule has 0 radical (unpaired) electrons. The summed E-state index contributed by atoms with van der Waals surface area (Å²) in [6.07, 6.45) is -3.74. The highest BCUT2D eigenvalue weighted by molar-refractivity contribution is 6.33.